The first-order valence-electron chi connectivity index (χ1n) is 10.6. The summed E-state index contributed by atoms with van der Waals surface area (Å²) < 4.78 is 1.37. The fourth-order valence-electron chi connectivity index (χ4n) is 3.40. The Hall–Kier alpha value is -3.78. The van der Waals surface area contributed by atoms with Crippen LogP contribution >= 0.6 is 11.3 Å². The minimum atomic E-state index is -0.321. The number of urea groups is 1. The quantitative estimate of drug-likeness (QED) is 0.434. The first-order valence-corrected chi connectivity index (χ1v) is 11.5. The molecular weight excluding hydrogens is 434 g/mol. The summed E-state index contributed by atoms with van der Waals surface area (Å²) in [6.45, 7) is 6.43. The van der Waals surface area contributed by atoms with Gasteiger partial charge in [0.1, 0.15) is 10.7 Å². The maximum Gasteiger partial charge on any atom is 0.319 e. The molecule has 0 saturated carbocycles. The molecule has 0 atom stereocenters. The van der Waals surface area contributed by atoms with E-state index in [1.165, 1.54) is 10.7 Å². The molecular formula is C25H25N5O2S. The summed E-state index contributed by atoms with van der Waals surface area (Å²) in [5, 5.41) is 11.1. The Balaban J connectivity index is 1.44. The van der Waals surface area contributed by atoms with Crippen LogP contribution in [0.4, 0.5) is 10.5 Å². The van der Waals surface area contributed by atoms with Crippen molar-refractivity contribution in [3.8, 4) is 21.1 Å². The van der Waals surface area contributed by atoms with Crippen molar-refractivity contribution in [2.45, 2.75) is 27.3 Å². The highest BCUT2D eigenvalue weighted by molar-refractivity contribution is 7.18. The van der Waals surface area contributed by atoms with E-state index >= 15 is 0 Å². The van der Waals surface area contributed by atoms with E-state index in [0.29, 0.717) is 5.69 Å². The molecule has 4 aromatic rings. The standard InChI is InChI=1S/C25H25N5O2S/c1-16-8-7-11-20(17(16)2)28-25(32)26-14-15-30-22(31)13-12-21(29-30)23-18(3)27-24(33-23)19-9-5-4-6-10-19/h4-13H,14-15H2,1-3H3,(H2,26,28,32). The number of aromatic nitrogens is 3. The van der Waals surface area contributed by atoms with E-state index in [1.54, 1.807) is 17.4 Å². The summed E-state index contributed by atoms with van der Waals surface area (Å²) in [6, 6.07) is 18.6. The van der Waals surface area contributed by atoms with Crippen LogP contribution in [0.1, 0.15) is 16.8 Å². The average Bonchev–Trinajstić information content (AvgIpc) is 3.20. The van der Waals surface area contributed by atoms with Gasteiger partial charge in [-0.2, -0.15) is 5.10 Å². The molecule has 0 spiro atoms. The lowest BCUT2D eigenvalue weighted by Gasteiger charge is -2.12. The number of carbonyl (C=O) groups is 1. The van der Waals surface area contributed by atoms with Gasteiger partial charge in [-0.25, -0.2) is 14.5 Å². The van der Waals surface area contributed by atoms with E-state index in [-0.39, 0.29) is 24.7 Å². The van der Waals surface area contributed by atoms with E-state index in [4.69, 9.17) is 0 Å². The van der Waals surface area contributed by atoms with E-state index in [1.807, 2.05) is 69.3 Å². The lowest BCUT2D eigenvalue weighted by atomic mass is 10.1. The second-order valence-electron chi connectivity index (χ2n) is 7.71. The summed E-state index contributed by atoms with van der Waals surface area (Å²) in [7, 11) is 0. The molecule has 0 aliphatic rings. The summed E-state index contributed by atoms with van der Waals surface area (Å²) in [5.74, 6) is 0. The number of thiazole rings is 1. The fraction of sp³-hybridized carbons (Fsp3) is 0.200. The van der Waals surface area contributed by atoms with Crippen LogP contribution in [0.25, 0.3) is 21.1 Å². The van der Waals surface area contributed by atoms with Gasteiger partial charge >= 0.3 is 6.03 Å². The van der Waals surface area contributed by atoms with Crippen LogP contribution in [0, 0.1) is 20.8 Å². The van der Waals surface area contributed by atoms with Gasteiger partial charge in [0.05, 0.1) is 17.1 Å². The molecule has 0 aliphatic heterocycles. The molecule has 33 heavy (non-hydrogen) atoms. The van der Waals surface area contributed by atoms with E-state index < -0.39 is 0 Å². The predicted octanol–water partition coefficient (Wildman–Crippen LogP) is 4.78. The second kappa shape index (κ2) is 9.79. The van der Waals surface area contributed by atoms with Gasteiger partial charge in [-0.3, -0.25) is 4.79 Å². The summed E-state index contributed by atoms with van der Waals surface area (Å²) in [5.41, 5.74) is 5.27. The lowest BCUT2D eigenvalue weighted by molar-refractivity contribution is 0.251. The minimum Gasteiger partial charge on any atom is -0.336 e. The molecule has 2 aromatic carbocycles. The zero-order chi connectivity index (χ0) is 23.4. The summed E-state index contributed by atoms with van der Waals surface area (Å²) in [4.78, 5) is 30.2. The second-order valence-corrected chi connectivity index (χ2v) is 8.71. The highest BCUT2D eigenvalue weighted by Gasteiger charge is 2.14. The van der Waals surface area contributed by atoms with Crippen molar-refractivity contribution in [1.29, 1.82) is 0 Å². The van der Waals surface area contributed by atoms with Crippen molar-refractivity contribution in [3.05, 3.63) is 87.8 Å². The van der Waals surface area contributed by atoms with Crippen LogP contribution in [-0.2, 0) is 6.54 Å². The third-order valence-corrected chi connectivity index (χ3v) is 6.61. The van der Waals surface area contributed by atoms with Crippen LogP contribution in [-0.4, -0.2) is 27.3 Å². The fourth-order valence-corrected chi connectivity index (χ4v) is 4.43. The number of nitrogens with one attached hydrogen (secondary N) is 2. The number of anilines is 1. The number of rotatable bonds is 6. The number of amides is 2. The summed E-state index contributed by atoms with van der Waals surface area (Å²) >= 11 is 1.54. The molecule has 0 unspecified atom stereocenters. The van der Waals surface area contributed by atoms with Gasteiger partial charge < -0.3 is 10.6 Å². The predicted molar refractivity (Wildman–Crippen MR) is 133 cm³/mol. The van der Waals surface area contributed by atoms with Crippen LogP contribution < -0.4 is 16.2 Å². The van der Waals surface area contributed by atoms with Gasteiger partial charge in [-0.15, -0.1) is 11.3 Å². The van der Waals surface area contributed by atoms with Gasteiger partial charge in [-0.1, -0.05) is 42.5 Å². The third-order valence-electron chi connectivity index (χ3n) is 5.38. The highest BCUT2D eigenvalue weighted by Crippen LogP contribution is 2.33. The summed E-state index contributed by atoms with van der Waals surface area (Å²) in [6.07, 6.45) is 0. The number of hydrogen-bond acceptors (Lipinski definition) is 5. The largest absolute Gasteiger partial charge is 0.336 e. The zero-order valence-electron chi connectivity index (χ0n) is 18.8. The number of aryl methyl sites for hydroxylation is 2. The minimum absolute atomic E-state index is 0.221. The molecule has 168 valence electrons. The van der Waals surface area contributed by atoms with Gasteiger partial charge in [0.2, 0.25) is 0 Å². The normalized spacial score (nSPS) is 10.8. The third kappa shape index (κ3) is 5.18. The van der Waals surface area contributed by atoms with Crippen molar-refractivity contribution in [3.63, 3.8) is 0 Å². The molecule has 2 amide bonds. The molecule has 4 rings (SSSR count). The van der Waals surface area contributed by atoms with Crippen LogP contribution in [0.2, 0.25) is 0 Å². The van der Waals surface area contributed by atoms with Crippen molar-refractivity contribution in [2.75, 3.05) is 11.9 Å². The Morgan fingerprint density at radius 2 is 1.79 bits per heavy atom. The molecule has 2 heterocycles. The topological polar surface area (TPSA) is 88.9 Å². The van der Waals surface area contributed by atoms with E-state index in [0.717, 1.165) is 38.0 Å². The van der Waals surface area contributed by atoms with Gasteiger partial charge in [-0.05, 0) is 44.0 Å². The molecule has 8 heteroatoms. The molecule has 0 bridgehead atoms. The molecule has 2 N–H and O–H groups in total. The van der Waals surface area contributed by atoms with E-state index in [2.05, 4.69) is 20.7 Å². The molecule has 0 aliphatic carbocycles. The monoisotopic (exact) mass is 459 g/mol. The van der Waals surface area contributed by atoms with Crippen LogP contribution in [0.3, 0.4) is 0 Å². The molecule has 0 saturated heterocycles. The number of benzene rings is 2. The Labute approximate surface area is 196 Å². The number of carbonyl (C=O) groups excluding carboxylic acids is 1. The van der Waals surface area contributed by atoms with Gasteiger partial charge in [0.25, 0.3) is 5.56 Å². The highest BCUT2D eigenvalue weighted by atomic mass is 32.1. The first kappa shape index (κ1) is 22.4. The average molecular weight is 460 g/mol. The Bertz CT molecular complexity index is 1340. The number of nitrogens with zero attached hydrogens (tertiary/aromatic N) is 3. The SMILES string of the molecule is Cc1cccc(NC(=O)NCCn2nc(-c3sc(-c4ccccc4)nc3C)ccc2=O)c1C. The first-order chi connectivity index (χ1) is 15.9. The van der Waals surface area contributed by atoms with Crippen molar-refractivity contribution >= 4 is 23.1 Å². The number of hydrogen-bond donors (Lipinski definition) is 2. The maximum absolute atomic E-state index is 12.3. The Morgan fingerprint density at radius 3 is 2.58 bits per heavy atom. The zero-order valence-corrected chi connectivity index (χ0v) is 19.6. The Kier molecular flexibility index (Phi) is 6.65. The lowest BCUT2D eigenvalue weighted by Crippen LogP contribution is -2.34. The van der Waals surface area contributed by atoms with Crippen LogP contribution in [0.5, 0.6) is 0 Å². The van der Waals surface area contributed by atoms with Crippen molar-refractivity contribution < 1.29 is 4.79 Å². The van der Waals surface area contributed by atoms with Crippen LogP contribution in [0.15, 0.2) is 65.5 Å². The Morgan fingerprint density at radius 1 is 1.00 bits per heavy atom. The van der Waals surface area contributed by atoms with E-state index in [9.17, 15) is 9.59 Å². The molecule has 0 radical (unpaired) electrons. The van der Waals surface area contributed by atoms with Crippen molar-refractivity contribution in [2.24, 2.45) is 0 Å². The van der Waals surface area contributed by atoms with Gasteiger partial charge in [0.15, 0.2) is 0 Å². The molecule has 2 aromatic heterocycles. The smallest absolute Gasteiger partial charge is 0.319 e. The molecule has 0 fully saturated rings. The van der Waals surface area contributed by atoms with Gasteiger partial charge in [0, 0.05) is 23.9 Å². The maximum atomic E-state index is 12.3. The van der Waals surface area contributed by atoms with Crippen molar-refractivity contribution in [1.82, 2.24) is 20.1 Å². The molecule has 7 nitrogen and oxygen atoms in total.